The molecule has 1 saturated heterocycles. The number of fused-ring (bicyclic) bond motifs is 1. The minimum atomic E-state index is -1.25. The molecule has 174 valence electrons. The average molecular weight is 478 g/mol. The third kappa shape index (κ3) is 4.01. The molecule has 0 aliphatic carbocycles. The molecule has 0 bridgehead atoms. The summed E-state index contributed by atoms with van der Waals surface area (Å²) in [5.41, 5.74) is 2.20. The number of hydrogen-bond acceptors (Lipinski definition) is 5. The lowest BCUT2D eigenvalue weighted by atomic mass is 10.1. The lowest BCUT2D eigenvalue weighted by Gasteiger charge is -2.23. The molecule has 9 heteroatoms. The summed E-state index contributed by atoms with van der Waals surface area (Å²) in [6, 6.07) is 12.0. The van der Waals surface area contributed by atoms with Crippen LogP contribution in [0.1, 0.15) is 16.8 Å². The molecule has 5 rings (SSSR count). The zero-order valence-corrected chi connectivity index (χ0v) is 19.7. The Bertz CT molecular complexity index is 1400. The third-order valence-corrected chi connectivity index (χ3v) is 7.21. The van der Waals surface area contributed by atoms with Gasteiger partial charge in [0.15, 0.2) is 0 Å². The molecular formula is C25H24FN5O2S. The van der Waals surface area contributed by atoms with E-state index in [9.17, 15) is 13.4 Å². The molecule has 0 spiro atoms. The zero-order valence-electron chi connectivity index (χ0n) is 18.9. The van der Waals surface area contributed by atoms with E-state index in [-0.39, 0.29) is 17.8 Å². The Morgan fingerprint density at radius 1 is 1.21 bits per heavy atom. The third-order valence-electron chi connectivity index (χ3n) is 6.27. The lowest BCUT2D eigenvalue weighted by molar-refractivity contribution is 0.0744. The molecule has 2 unspecified atom stereocenters. The van der Waals surface area contributed by atoms with E-state index in [2.05, 4.69) is 15.3 Å². The van der Waals surface area contributed by atoms with Crippen molar-refractivity contribution in [1.29, 1.82) is 0 Å². The highest BCUT2D eigenvalue weighted by molar-refractivity contribution is 7.84. The van der Waals surface area contributed by atoms with Gasteiger partial charge in [0.25, 0.3) is 5.91 Å². The van der Waals surface area contributed by atoms with Crippen molar-refractivity contribution in [1.82, 2.24) is 24.8 Å². The molecule has 0 radical (unpaired) electrons. The van der Waals surface area contributed by atoms with Gasteiger partial charge in [0.1, 0.15) is 5.82 Å². The van der Waals surface area contributed by atoms with E-state index in [0.29, 0.717) is 33.1 Å². The van der Waals surface area contributed by atoms with E-state index in [1.807, 2.05) is 13.1 Å². The summed E-state index contributed by atoms with van der Waals surface area (Å²) in [4.78, 5) is 24.4. The number of likely N-dealkylation sites (N-methyl/N-ethyl adjacent to an activating group) is 1. The van der Waals surface area contributed by atoms with Crippen molar-refractivity contribution in [2.75, 3.05) is 26.4 Å². The van der Waals surface area contributed by atoms with Gasteiger partial charge in [0, 0.05) is 66.6 Å². The summed E-state index contributed by atoms with van der Waals surface area (Å²) < 4.78 is 28.3. The Labute approximate surface area is 199 Å². The Morgan fingerprint density at radius 3 is 2.65 bits per heavy atom. The van der Waals surface area contributed by atoms with Crippen LogP contribution < -0.4 is 5.32 Å². The van der Waals surface area contributed by atoms with Crippen LogP contribution in [0.4, 0.5) is 4.39 Å². The maximum absolute atomic E-state index is 14.2. The molecule has 1 N–H and O–H groups in total. The van der Waals surface area contributed by atoms with Gasteiger partial charge in [-0.15, -0.1) is 0 Å². The molecule has 1 aliphatic rings. The van der Waals surface area contributed by atoms with Crippen LogP contribution in [0.2, 0.25) is 0 Å². The van der Waals surface area contributed by atoms with E-state index in [4.69, 9.17) is 0 Å². The summed E-state index contributed by atoms with van der Waals surface area (Å²) in [5, 5.41) is 4.05. The number of nitrogens with one attached hydrogen (secondary N) is 1. The van der Waals surface area contributed by atoms with Gasteiger partial charge in [-0.3, -0.25) is 13.6 Å². The van der Waals surface area contributed by atoms with Gasteiger partial charge in [0.2, 0.25) is 5.95 Å². The standard InChI is InChI=1S/C25H24FN5O2S/c1-30(18-9-10-27-14-18)24(32)16-7-8-20-22(11-16)31(15-23(20)34(2)33)25-28-12-17(13-29-25)19-5-3-4-6-21(19)26/h3-8,11-13,15,18,27H,9-10,14H2,1-2H3. The number of aromatic nitrogens is 3. The van der Waals surface area contributed by atoms with Gasteiger partial charge in [0.05, 0.1) is 21.2 Å². The number of nitrogens with zero attached hydrogens (tertiary/aromatic N) is 4. The van der Waals surface area contributed by atoms with Gasteiger partial charge in [-0.2, -0.15) is 0 Å². The van der Waals surface area contributed by atoms with Crippen LogP contribution in [0.5, 0.6) is 0 Å². The minimum absolute atomic E-state index is 0.0710. The second-order valence-electron chi connectivity index (χ2n) is 8.36. The molecule has 1 fully saturated rings. The summed E-state index contributed by atoms with van der Waals surface area (Å²) in [5.74, 6) is -0.0725. The number of carbonyl (C=O) groups is 1. The molecule has 1 amide bonds. The van der Waals surface area contributed by atoms with Crippen LogP contribution in [0.25, 0.3) is 28.0 Å². The fourth-order valence-electron chi connectivity index (χ4n) is 4.34. The number of rotatable bonds is 5. The molecule has 3 heterocycles. The largest absolute Gasteiger partial charge is 0.337 e. The Hall–Kier alpha value is -3.43. The summed E-state index contributed by atoms with van der Waals surface area (Å²) >= 11 is 0. The highest BCUT2D eigenvalue weighted by atomic mass is 32.2. The molecule has 2 aromatic carbocycles. The smallest absolute Gasteiger partial charge is 0.253 e. The minimum Gasteiger partial charge on any atom is -0.337 e. The van der Waals surface area contributed by atoms with Crippen LogP contribution in [0, 0.1) is 5.82 Å². The Kier molecular flexibility index (Phi) is 5.97. The first kappa shape index (κ1) is 22.4. The highest BCUT2D eigenvalue weighted by Crippen LogP contribution is 2.28. The second-order valence-corrected chi connectivity index (χ2v) is 9.71. The second kappa shape index (κ2) is 9.08. The first-order chi connectivity index (χ1) is 16.4. The van der Waals surface area contributed by atoms with Gasteiger partial charge < -0.3 is 10.2 Å². The van der Waals surface area contributed by atoms with Crippen LogP contribution in [0.15, 0.2) is 66.0 Å². The molecule has 34 heavy (non-hydrogen) atoms. The van der Waals surface area contributed by atoms with Crippen LogP contribution in [0.3, 0.4) is 0 Å². The lowest BCUT2D eigenvalue weighted by Crippen LogP contribution is -2.38. The SMILES string of the molecule is CN(C(=O)c1ccc2c(S(C)=O)cn(-c3ncc(-c4ccccc4F)cn3)c2c1)C1CCNC1. The summed E-state index contributed by atoms with van der Waals surface area (Å²) in [6.07, 6.45) is 7.39. The van der Waals surface area contributed by atoms with Crippen molar-refractivity contribution in [2.45, 2.75) is 17.4 Å². The Balaban J connectivity index is 1.56. The molecule has 7 nitrogen and oxygen atoms in total. The van der Waals surface area contributed by atoms with Gasteiger partial charge in [-0.1, -0.05) is 24.3 Å². The fraction of sp³-hybridized carbons (Fsp3) is 0.240. The number of hydrogen-bond donors (Lipinski definition) is 1. The van der Waals surface area contributed by atoms with Gasteiger partial charge in [-0.05, 0) is 31.2 Å². The fourth-order valence-corrected chi connectivity index (χ4v) is 5.08. The van der Waals surface area contributed by atoms with Gasteiger partial charge in [-0.25, -0.2) is 14.4 Å². The predicted molar refractivity (Wildman–Crippen MR) is 130 cm³/mol. The number of benzene rings is 2. The van der Waals surface area contributed by atoms with Crippen molar-refractivity contribution in [3.8, 4) is 17.1 Å². The predicted octanol–water partition coefficient (Wildman–Crippen LogP) is 3.40. The molecular weight excluding hydrogens is 453 g/mol. The first-order valence-electron chi connectivity index (χ1n) is 11.0. The quantitative estimate of drug-likeness (QED) is 0.477. The van der Waals surface area contributed by atoms with E-state index < -0.39 is 10.8 Å². The molecule has 2 atom stereocenters. The van der Waals surface area contributed by atoms with E-state index in [1.54, 1.807) is 64.6 Å². The summed E-state index contributed by atoms with van der Waals surface area (Å²) in [7, 11) is 0.569. The summed E-state index contributed by atoms with van der Waals surface area (Å²) in [6.45, 7) is 1.68. The van der Waals surface area contributed by atoms with Crippen molar-refractivity contribution in [3.63, 3.8) is 0 Å². The van der Waals surface area contributed by atoms with E-state index >= 15 is 0 Å². The van der Waals surface area contributed by atoms with Crippen molar-refractivity contribution < 1.29 is 13.4 Å². The Morgan fingerprint density at radius 2 is 1.97 bits per heavy atom. The number of carbonyl (C=O) groups excluding carboxylic acids is 1. The van der Waals surface area contributed by atoms with Crippen molar-refractivity contribution >= 4 is 27.6 Å². The van der Waals surface area contributed by atoms with Crippen LogP contribution in [-0.2, 0) is 10.8 Å². The topological polar surface area (TPSA) is 80.1 Å². The normalized spacial score (nSPS) is 16.6. The molecule has 1 aliphatic heterocycles. The monoisotopic (exact) mass is 477 g/mol. The van der Waals surface area contributed by atoms with Crippen LogP contribution >= 0.6 is 0 Å². The maximum atomic E-state index is 14.2. The zero-order chi connectivity index (χ0) is 23.8. The number of halogens is 1. The van der Waals surface area contributed by atoms with Crippen LogP contribution in [-0.4, -0.2) is 62.0 Å². The molecule has 0 saturated carbocycles. The first-order valence-corrected chi connectivity index (χ1v) is 12.5. The molecule has 2 aromatic heterocycles. The maximum Gasteiger partial charge on any atom is 0.253 e. The molecule has 4 aromatic rings. The van der Waals surface area contributed by atoms with Crippen molar-refractivity contribution in [3.05, 3.63) is 72.4 Å². The highest BCUT2D eigenvalue weighted by Gasteiger charge is 2.25. The number of amides is 1. The van der Waals surface area contributed by atoms with Crippen molar-refractivity contribution in [2.24, 2.45) is 0 Å². The van der Waals surface area contributed by atoms with E-state index in [1.165, 1.54) is 6.07 Å². The average Bonchev–Trinajstić information content (AvgIpc) is 3.52. The van der Waals surface area contributed by atoms with Gasteiger partial charge >= 0.3 is 0 Å². The van der Waals surface area contributed by atoms with E-state index in [0.717, 1.165) is 24.9 Å².